The quantitative estimate of drug-likeness (QED) is 0.171. The second kappa shape index (κ2) is 13.6. The number of benzene rings is 6. The minimum atomic E-state index is 0.155. The summed E-state index contributed by atoms with van der Waals surface area (Å²) in [5, 5.41) is 2.49. The van der Waals surface area contributed by atoms with Crippen LogP contribution in [0.3, 0.4) is 0 Å². The Balaban J connectivity index is 0.971. The lowest BCUT2D eigenvalue weighted by molar-refractivity contribution is 0.745. The van der Waals surface area contributed by atoms with Gasteiger partial charge in [-0.25, -0.2) is 9.97 Å². The molecular formula is C53H40N4. The van der Waals surface area contributed by atoms with Crippen molar-refractivity contribution in [3.8, 4) is 39.3 Å². The van der Waals surface area contributed by atoms with Crippen LogP contribution in [0.4, 0.5) is 11.4 Å². The molecule has 0 amide bonds. The zero-order valence-electron chi connectivity index (χ0n) is 31.7. The monoisotopic (exact) mass is 732 g/mol. The zero-order chi connectivity index (χ0) is 37.9. The summed E-state index contributed by atoms with van der Waals surface area (Å²) in [6.45, 7) is 2.15. The van der Waals surface area contributed by atoms with E-state index in [9.17, 15) is 0 Å². The first kappa shape index (κ1) is 33.3. The maximum Gasteiger partial charge on any atom is 0.136 e. The van der Waals surface area contributed by atoms with Gasteiger partial charge in [0.15, 0.2) is 0 Å². The predicted molar refractivity (Wildman–Crippen MR) is 236 cm³/mol. The molecule has 0 bridgehead atoms. The first-order valence-corrected chi connectivity index (χ1v) is 19.9. The number of para-hydroxylation sites is 1. The van der Waals surface area contributed by atoms with Crippen LogP contribution >= 0.6 is 0 Å². The highest BCUT2D eigenvalue weighted by atomic mass is 15.2. The Kier molecular flexibility index (Phi) is 7.95. The van der Waals surface area contributed by atoms with Crippen LogP contribution in [-0.2, 0) is 0 Å². The molecule has 0 N–H and O–H groups in total. The van der Waals surface area contributed by atoms with Crippen molar-refractivity contribution in [2.75, 3.05) is 4.90 Å². The Morgan fingerprint density at radius 1 is 0.526 bits per heavy atom. The van der Waals surface area contributed by atoms with E-state index in [1.54, 1.807) is 0 Å². The molecule has 57 heavy (non-hydrogen) atoms. The molecule has 11 rings (SSSR count). The van der Waals surface area contributed by atoms with Gasteiger partial charge in [0.05, 0.1) is 28.5 Å². The lowest BCUT2D eigenvalue weighted by Crippen LogP contribution is -2.28. The Hall–Kier alpha value is -7.04. The third-order valence-electron chi connectivity index (χ3n) is 11.9. The van der Waals surface area contributed by atoms with Crippen LogP contribution in [0.1, 0.15) is 35.2 Å². The van der Waals surface area contributed by atoms with Gasteiger partial charge in [-0.1, -0.05) is 139 Å². The third kappa shape index (κ3) is 5.76. The summed E-state index contributed by atoms with van der Waals surface area (Å²) in [6.07, 6.45) is 18.6. The van der Waals surface area contributed by atoms with Crippen molar-refractivity contribution in [2.24, 2.45) is 0 Å². The summed E-state index contributed by atoms with van der Waals surface area (Å²) in [5.41, 5.74) is 15.2. The Morgan fingerprint density at radius 3 is 2.00 bits per heavy atom. The zero-order valence-corrected chi connectivity index (χ0v) is 31.7. The van der Waals surface area contributed by atoms with E-state index in [1.807, 2.05) is 6.07 Å². The van der Waals surface area contributed by atoms with Gasteiger partial charge >= 0.3 is 0 Å². The van der Waals surface area contributed by atoms with Crippen molar-refractivity contribution in [3.63, 3.8) is 0 Å². The molecule has 4 heteroatoms. The number of nitrogens with zero attached hydrogens (tertiary/aromatic N) is 4. The SMILES string of the molecule is Cc1ccc(N2c3ccc(-c4ccc5c(c4)c4ccccc4n5-c4ccc(-c5cc(-c6ccccc6)nc(C6C=CC=CC6)n5)cc4)cc3C3C=CC=CC32)cc1. The molecule has 0 saturated heterocycles. The maximum atomic E-state index is 5.14. The number of rotatable bonds is 6. The largest absolute Gasteiger partial charge is 0.333 e. The highest BCUT2D eigenvalue weighted by Crippen LogP contribution is 2.49. The number of hydrogen-bond donors (Lipinski definition) is 0. The molecule has 3 heterocycles. The number of aromatic nitrogens is 3. The normalized spacial score (nSPS) is 18.1. The number of fused-ring (bicyclic) bond motifs is 6. The molecule has 6 aromatic carbocycles. The van der Waals surface area contributed by atoms with Crippen molar-refractivity contribution in [1.29, 1.82) is 0 Å². The Morgan fingerprint density at radius 2 is 1.19 bits per heavy atom. The summed E-state index contributed by atoms with van der Waals surface area (Å²) in [4.78, 5) is 12.7. The maximum absolute atomic E-state index is 5.14. The highest BCUT2D eigenvalue weighted by molar-refractivity contribution is 6.10. The summed E-state index contributed by atoms with van der Waals surface area (Å²) < 4.78 is 2.39. The van der Waals surface area contributed by atoms with Crippen LogP contribution in [0.25, 0.3) is 61.1 Å². The standard InChI is InChI=1S/C53H40N4/c1-35-20-26-41(27-21-35)56-49-18-10-8-16-43(49)45-32-39(24-30-51(45)56)40-25-31-52-46(33-40)44-17-9-11-19-50(44)57(52)42-28-22-37(23-29-42)48-34-47(36-12-4-2-5-13-36)54-53(55-48)38-14-6-3-7-15-38/h2-14,16-34,38,43,49H,15H2,1H3. The fourth-order valence-corrected chi connectivity index (χ4v) is 9.05. The minimum absolute atomic E-state index is 0.155. The van der Waals surface area contributed by atoms with Crippen molar-refractivity contribution < 1.29 is 0 Å². The number of allylic oxidation sites excluding steroid dienone is 6. The molecule has 2 aromatic heterocycles. The molecule has 8 aromatic rings. The smallest absolute Gasteiger partial charge is 0.136 e. The third-order valence-corrected chi connectivity index (χ3v) is 11.9. The van der Waals surface area contributed by atoms with E-state index in [2.05, 4.69) is 205 Å². The lowest BCUT2D eigenvalue weighted by atomic mass is 9.89. The Bertz CT molecular complexity index is 2950. The van der Waals surface area contributed by atoms with Crippen molar-refractivity contribution in [3.05, 3.63) is 211 Å². The molecular weight excluding hydrogens is 693 g/mol. The number of aryl methyl sites for hydroxylation is 1. The topological polar surface area (TPSA) is 34.0 Å². The Labute approximate surface area is 333 Å². The average Bonchev–Trinajstić information content (AvgIpc) is 3.79. The number of hydrogen-bond acceptors (Lipinski definition) is 3. The van der Waals surface area contributed by atoms with Gasteiger partial charge in [0.25, 0.3) is 0 Å². The number of anilines is 2. The van der Waals surface area contributed by atoms with Crippen molar-refractivity contribution in [2.45, 2.75) is 31.2 Å². The van der Waals surface area contributed by atoms with Gasteiger partial charge in [-0.05, 0) is 90.7 Å². The second-order valence-corrected chi connectivity index (χ2v) is 15.4. The van der Waals surface area contributed by atoms with Crippen LogP contribution in [0.2, 0.25) is 0 Å². The van der Waals surface area contributed by atoms with Gasteiger partial charge in [0.2, 0.25) is 0 Å². The van der Waals surface area contributed by atoms with Crippen LogP contribution in [-0.4, -0.2) is 20.6 Å². The molecule has 3 atom stereocenters. The van der Waals surface area contributed by atoms with E-state index in [0.717, 1.165) is 40.4 Å². The van der Waals surface area contributed by atoms with Gasteiger partial charge < -0.3 is 9.47 Å². The first-order valence-electron chi connectivity index (χ1n) is 19.9. The molecule has 1 aliphatic heterocycles. The predicted octanol–water partition coefficient (Wildman–Crippen LogP) is 13.2. The fraction of sp³-hybridized carbons (Fsp3) is 0.0943. The van der Waals surface area contributed by atoms with Crippen LogP contribution in [0, 0.1) is 6.92 Å². The molecule has 0 fully saturated rings. The minimum Gasteiger partial charge on any atom is -0.333 e. The lowest BCUT2D eigenvalue weighted by Gasteiger charge is -2.28. The van der Waals surface area contributed by atoms with Crippen molar-refractivity contribution >= 4 is 33.2 Å². The van der Waals surface area contributed by atoms with Gasteiger partial charge in [-0.3, -0.25) is 0 Å². The second-order valence-electron chi connectivity index (χ2n) is 15.4. The summed E-state index contributed by atoms with van der Waals surface area (Å²) in [6, 6.07) is 53.4. The van der Waals surface area contributed by atoms with Crippen LogP contribution in [0.5, 0.6) is 0 Å². The molecule has 3 unspecified atom stereocenters. The first-order chi connectivity index (χ1) is 28.2. The van der Waals surface area contributed by atoms with Gasteiger partial charge in [0, 0.05) is 50.8 Å². The fourth-order valence-electron chi connectivity index (χ4n) is 9.05. The highest BCUT2D eigenvalue weighted by Gasteiger charge is 2.37. The van der Waals surface area contributed by atoms with Gasteiger partial charge in [-0.15, -0.1) is 0 Å². The van der Waals surface area contributed by atoms with Gasteiger partial charge in [0.1, 0.15) is 5.82 Å². The van der Waals surface area contributed by atoms with E-state index in [0.29, 0.717) is 5.92 Å². The summed E-state index contributed by atoms with van der Waals surface area (Å²) >= 11 is 0. The molecule has 0 spiro atoms. The van der Waals surface area contributed by atoms with Crippen molar-refractivity contribution in [1.82, 2.24) is 14.5 Å². The molecule has 4 nitrogen and oxygen atoms in total. The molecule has 3 aliphatic rings. The van der Waals surface area contributed by atoms with Gasteiger partial charge in [-0.2, -0.15) is 0 Å². The van der Waals surface area contributed by atoms with Crippen LogP contribution < -0.4 is 4.90 Å². The van der Waals surface area contributed by atoms with E-state index < -0.39 is 0 Å². The van der Waals surface area contributed by atoms with E-state index in [1.165, 1.54) is 55.4 Å². The molecule has 2 aliphatic carbocycles. The molecule has 272 valence electrons. The average molecular weight is 733 g/mol. The van der Waals surface area contributed by atoms with Crippen LogP contribution in [0.15, 0.2) is 194 Å². The molecule has 0 saturated carbocycles. The van der Waals surface area contributed by atoms with E-state index in [4.69, 9.17) is 9.97 Å². The van der Waals surface area contributed by atoms with E-state index >= 15 is 0 Å². The summed E-state index contributed by atoms with van der Waals surface area (Å²) in [5.74, 6) is 1.32. The van der Waals surface area contributed by atoms with E-state index in [-0.39, 0.29) is 12.0 Å². The molecule has 0 radical (unpaired) electrons. The summed E-state index contributed by atoms with van der Waals surface area (Å²) in [7, 11) is 0.